The molecule has 3 N–H and O–H groups in total. The van der Waals surface area contributed by atoms with E-state index in [0.29, 0.717) is 11.4 Å². The largest absolute Gasteiger partial charge is 0.374 e. The minimum absolute atomic E-state index is 0.0540. The van der Waals surface area contributed by atoms with E-state index in [-0.39, 0.29) is 16.0 Å². The molecule has 0 saturated carbocycles. The Labute approximate surface area is 118 Å². The predicted molar refractivity (Wildman–Crippen MR) is 73.9 cm³/mol. The summed E-state index contributed by atoms with van der Waals surface area (Å²) in [6.07, 6.45) is 0. The van der Waals surface area contributed by atoms with E-state index in [0.717, 1.165) is 15.6 Å². The minimum Gasteiger partial charge on any atom is -0.374 e. The lowest BCUT2D eigenvalue weighted by Crippen LogP contribution is -2.42. The summed E-state index contributed by atoms with van der Waals surface area (Å²) in [7, 11) is -3.95. The first-order valence-electron chi connectivity index (χ1n) is 5.49. The number of sulfonamides is 1. The molecular formula is C10H9N5O3S2. The number of nitrogens with zero attached hydrogens (tertiary/aromatic N) is 3. The lowest BCUT2D eigenvalue weighted by molar-refractivity contribution is -0.115. The summed E-state index contributed by atoms with van der Waals surface area (Å²) >= 11 is 0.758. The van der Waals surface area contributed by atoms with Gasteiger partial charge in [-0.15, -0.1) is 10.2 Å². The van der Waals surface area contributed by atoms with Gasteiger partial charge in [0.05, 0.1) is 11.4 Å². The van der Waals surface area contributed by atoms with Crippen LogP contribution in [0.3, 0.4) is 0 Å². The van der Waals surface area contributed by atoms with Crippen molar-refractivity contribution in [2.45, 2.75) is 4.34 Å². The highest BCUT2D eigenvalue weighted by molar-refractivity contribution is 7.94. The molecule has 0 unspecified atom stereocenters. The molecule has 0 bridgehead atoms. The second-order valence-corrected chi connectivity index (χ2v) is 7.03. The van der Waals surface area contributed by atoms with Crippen LogP contribution in [0, 0.1) is 0 Å². The third-order valence-electron chi connectivity index (χ3n) is 2.67. The van der Waals surface area contributed by atoms with Gasteiger partial charge in [-0.1, -0.05) is 23.5 Å². The summed E-state index contributed by atoms with van der Waals surface area (Å²) in [5.74, 6) is -0.412. The van der Waals surface area contributed by atoms with Gasteiger partial charge in [0.2, 0.25) is 11.0 Å². The normalized spacial score (nSPS) is 14.8. The van der Waals surface area contributed by atoms with Crippen molar-refractivity contribution in [3.05, 3.63) is 24.3 Å². The van der Waals surface area contributed by atoms with Crippen LogP contribution in [0.5, 0.6) is 0 Å². The first-order valence-corrected chi connectivity index (χ1v) is 7.75. The second kappa shape index (κ2) is 4.42. The molecule has 0 aliphatic carbocycles. The van der Waals surface area contributed by atoms with Crippen LogP contribution in [-0.4, -0.2) is 31.1 Å². The highest BCUT2D eigenvalue weighted by Crippen LogP contribution is 2.34. The minimum atomic E-state index is -3.95. The van der Waals surface area contributed by atoms with Crippen LogP contribution < -0.4 is 15.4 Å². The molecule has 1 aromatic carbocycles. The number of amides is 1. The van der Waals surface area contributed by atoms with Gasteiger partial charge in [0.25, 0.3) is 14.4 Å². The quantitative estimate of drug-likeness (QED) is 0.821. The summed E-state index contributed by atoms with van der Waals surface area (Å²) in [5, 5.41) is 9.71. The first-order chi connectivity index (χ1) is 9.48. The average Bonchev–Trinajstić information content (AvgIpc) is 2.85. The van der Waals surface area contributed by atoms with Gasteiger partial charge in [0.15, 0.2) is 0 Å². The van der Waals surface area contributed by atoms with E-state index in [1.54, 1.807) is 24.3 Å². The number of carbonyl (C=O) groups excluding carboxylic acids is 1. The second-order valence-electron chi connectivity index (χ2n) is 3.98. The van der Waals surface area contributed by atoms with Gasteiger partial charge >= 0.3 is 0 Å². The van der Waals surface area contributed by atoms with Crippen LogP contribution in [0.1, 0.15) is 0 Å². The van der Waals surface area contributed by atoms with Crippen molar-refractivity contribution in [1.29, 1.82) is 0 Å². The number of aromatic nitrogens is 2. The molecule has 1 aromatic heterocycles. The van der Waals surface area contributed by atoms with E-state index >= 15 is 0 Å². The van der Waals surface area contributed by atoms with Crippen LogP contribution in [0.2, 0.25) is 0 Å². The van der Waals surface area contributed by atoms with E-state index in [2.05, 4.69) is 15.5 Å². The third kappa shape index (κ3) is 1.98. The fraction of sp³-hybridized carbons (Fsp3) is 0.100. The monoisotopic (exact) mass is 311 g/mol. The molecule has 2 heterocycles. The van der Waals surface area contributed by atoms with E-state index in [4.69, 9.17) is 5.73 Å². The summed E-state index contributed by atoms with van der Waals surface area (Å²) in [6.45, 7) is -0.307. The van der Waals surface area contributed by atoms with Crippen LogP contribution in [0.15, 0.2) is 28.6 Å². The predicted octanol–water partition coefficient (Wildman–Crippen LogP) is 0.268. The fourth-order valence-electron chi connectivity index (χ4n) is 1.84. The van der Waals surface area contributed by atoms with E-state index in [9.17, 15) is 13.2 Å². The van der Waals surface area contributed by atoms with Gasteiger partial charge in [-0.05, 0) is 12.1 Å². The average molecular weight is 311 g/mol. The number of carbonyl (C=O) groups is 1. The van der Waals surface area contributed by atoms with Gasteiger partial charge in [0.1, 0.15) is 6.54 Å². The van der Waals surface area contributed by atoms with Crippen LogP contribution in [0.4, 0.5) is 16.5 Å². The maximum Gasteiger partial charge on any atom is 0.294 e. The molecule has 1 aliphatic heterocycles. The molecule has 0 atom stereocenters. The zero-order valence-corrected chi connectivity index (χ0v) is 11.6. The van der Waals surface area contributed by atoms with E-state index < -0.39 is 15.9 Å². The fourth-order valence-corrected chi connectivity index (χ4v) is 4.16. The molecule has 1 amide bonds. The molecule has 104 valence electrons. The molecule has 10 heteroatoms. The number of fused-ring (bicyclic) bond motifs is 1. The van der Waals surface area contributed by atoms with Crippen LogP contribution in [-0.2, 0) is 14.8 Å². The molecule has 0 spiro atoms. The van der Waals surface area contributed by atoms with Gasteiger partial charge in [-0.25, -0.2) is 0 Å². The molecule has 20 heavy (non-hydrogen) atoms. The Balaban J connectivity index is 2.13. The number of para-hydroxylation sites is 2. The van der Waals surface area contributed by atoms with Crippen molar-refractivity contribution >= 4 is 43.8 Å². The van der Waals surface area contributed by atoms with Gasteiger partial charge < -0.3 is 11.1 Å². The lowest BCUT2D eigenvalue weighted by Gasteiger charge is -2.28. The number of benzene rings is 1. The van der Waals surface area contributed by atoms with E-state index in [1.165, 1.54) is 0 Å². The number of anilines is 3. The summed E-state index contributed by atoms with van der Waals surface area (Å²) < 4.78 is 25.8. The van der Waals surface area contributed by atoms with E-state index in [1.807, 2.05) is 0 Å². The maximum absolute atomic E-state index is 12.5. The summed E-state index contributed by atoms with van der Waals surface area (Å²) in [6, 6.07) is 6.63. The molecule has 0 fully saturated rings. The number of nitrogen functional groups attached to an aromatic ring is 1. The Morgan fingerprint density at radius 3 is 2.75 bits per heavy atom. The van der Waals surface area contributed by atoms with Crippen molar-refractivity contribution in [2.24, 2.45) is 0 Å². The molecular weight excluding hydrogens is 302 g/mol. The Bertz CT molecular complexity index is 786. The van der Waals surface area contributed by atoms with Crippen LogP contribution in [0.25, 0.3) is 0 Å². The van der Waals surface area contributed by atoms with Gasteiger partial charge in [-0.3, -0.25) is 9.10 Å². The number of hydrogen-bond donors (Lipinski definition) is 2. The number of nitrogens with two attached hydrogens (primary N) is 1. The Morgan fingerprint density at radius 1 is 1.30 bits per heavy atom. The molecule has 8 nitrogen and oxygen atoms in total. The molecule has 1 aliphatic rings. The van der Waals surface area contributed by atoms with Crippen molar-refractivity contribution in [1.82, 2.24) is 10.2 Å². The Morgan fingerprint density at radius 2 is 2.05 bits per heavy atom. The number of rotatable bonds is 2. The first kappa shape index (κ1) is 12.8. The Hall–Kier alpha value is -2.20. The highest BCUT2D eigenvalue weighted by Gasteiger charge is 2.34. The zero-order chi connectivity index (χ0) is 14.3. The Kier molecular flexibility index (Phi) is 2.83. The summed E-state index contributed by atoms with van der Waals surface area (Å²) in [4.78, 5) is 11.6. The molecule has 0 radical (unpaired) electrons. The lowest BCUT2D eigenvalue weighted by atomic mass is 10.2. The third-order valence-corrected chi connectivity index (χ3v) is 5.52. The van der Waals surface area contributed by atoms with Crippen LogP contribution >= 0.6 is 11.3 Å². The van der Waals surface area contributed by atoms with Crippen molar-refractivity contribution in [3.63, 3.8) is 0 Å². The standard InChI is InChI=1S/C10H9N5O3S2/c11-9-13-14-10(19-9)20(17,18)15-5-8(16)12-6-3-1-2-4-7(6)15/h1-4H,5H2,(H2,11,13)(H,12,16). The maximum atomic E-state index is 12.5. The van der Waals surface area contributed by atoms with Gasteiger partial charge in [0, 0.05) is 0 Å². The number of hydrogen-bond acceptors (Lipinski definition) is 7. The topological polar surface area (TPSA) is 118 Å². The molecule has 0 saturated heterocycles. The molecule has 3 rings (SSSR count). The van der Waals surface area contributed by atoms with Crippen molar-refractivity contribution in [3.8, 4) is 0 Å². The van der Waals surface area contributed by atoms with Crippen molar-refractivity contribution in [2.75, 3.05) is 21.9 Å². The smallest absolute Gasteiger partial charge is 0.294 e. The SMILES string of the molecule is Nc1nnc(S(=O)(=O)N2CC(=O)Nc3ccccc32)s1. The van der Waals surface area contributed by atoms with Gasteiger partial charge in [-0.2, -0.15) is 8.42 Å². The highest BCUT2D eigenvalue weighted by atomic mass is 32.2. The zero-order valence-electron chi connectivity index (χ0n) is 9.98. The summed E-state index contributed by atoms with van der Waals surface area (Å²) in [5.41, 5.74) is 6.23. The number of nitrogens with one attached hydrogen (secondary N) is 1. The molecule has 2 aromatic rings. The van der Waals surface area contributed by atoms with Crippen molar-refractivity contribution < 1.29 is 13.2 Å².